The van der Waals surface area contributed by atoms with E-state index < -0.39 is 11.6 Å². The summed E-state index contributed by atoms with van der Waals surface area (Å²) in [7, 11) is 0. The van der Waals surface area contributed by atoms with E-state index in [0.717, 1.165) is 6.07 Å². The number of ether oxygens (including phenoxy) is 1. The van der Waals surface area contributed by atoms with Crippen LogP contribution >= 0.6 is 15.9 Å². The molecule has 1 amide bonds. The van der Waals surface area contributed by atoms with Gasteiger partial charge in [0, 0.05) is 18.7 Å². The average molecular weight is 320 g/mol. The second-order valence-electron chi connectivity index (χ2n) is 4.19. The second-order valence-corrected chi connectivity index (χ2v) is 5.04. The molecule has 1 aliphatic rings. The van der Waals surface area contributed by atoms with Crippen LogP contribution in [0.5, 0.6) is 0 Å². The fourth-order valence-electron chi connectivity index (χ4n) is 1.86. The molecule has 0 saturated carbocycles. The fraction of sp³-hybridized carbons (Fsp3) is 0.417. The standard InChI is InChI=1S/C12H12BrF2NO2/c1-7-6-16(2-3-18-7)12(17)8-4-9(13)11(15)10(14)5-8/h4-5,7H,2-3,6H2,1H3/t7-/m0/s1. The Morgan fingerprint density at radius 1 is 1.50 bits per heavy atom. The lowest BCUT2D eigenvalue weighted by molar-refractivity contribution is -0.0124. The molecule has 18 heavy (non-hydrogen) atoms. The van der Waals surface area contributed by atoms with Crippen LogP contribution in [0.2, 0.25) is 0 Å². The van der Waals surface area contributed by atoms with Crippen LogP contribution in [0.1, 0.15) is 17.3 Å². The first-order valence-electron chi connectivity index (χ1n) is 5.54. The highest BCUT2D eigenvalue weighted by atomic mass is 79.9. The third-order valence-corrected chi connectivity index (χ3v) is 3.34. The number of morpholine rings is 1. The van der Waals surface area contributed by atoms with Gasteiger partial charge in [0.25, 0.3) is 5.91 Å². The van der Waals surface area contributed by atoms with Crippen molar-refractivity contribution >= 4 is 21.8 Å². The summed E-state index contributed by atoms with van der Waals surface area (Å²) >= 11 is 2.89. The van der Waals surface area contributed by atoms with Gasteiger partial charge in [-0.2, -0.15) is 0 Å². The molecule has 6 heteroatoms. The minimum atomic E-state index is -1.03. The predicted octanol–water partition coefficient (Wildman–Crippen LogP) is 2.59. The highest BCUT2D eigenvalue weighted by Gasteiger charge is 2.24. The lowest BCUT2D eigenvalue weighted by atomic mass is 10.1. The van der Waals surface area contributed by atoms with E-state index >= 15 is 0 Å². The van der Waals surface area contributed by atoms with Gasteiger partial charge in [0.1, 0.15) is 0 Å². The van der Waals surface area contributed by atoms with Crippen LogP contribution in [-0.2, 0) is 4.74 Å². The van der Waals surface area contributed by atoms with Crippen molar-refractivity contribution in [1.29, 1.82) is 0 Å². The summed E-state index contributed by atoms with van der Waals surface area (Å²) < 4.78 is 31.6. The summed E-state index contributed by atoms with van der Waals surface area (Å²) in [5.41, 5.74) is 0.134. The van der Waals surface area contributed by atoms with Gasteiger partial charge < -0.3 is 9.64 Å². The van der Waals surface area contributed by atoms with Crippen LogP contribution in [0.25, 0.3) is 0 Å². The third kappa shape index (κ3) is 2.70. The third-order valence-electron chi connectivity index (χ3n) is 2.76. The summed E-state index contributed by atoms with van der Waals surface area (Å²) in [6.45, 7) is 3.23. The first-order valence-corrected chi connectivity index (χ1v) is 6.33. The Morgan fingerprint density at radius 3 is 2.83 bits per heavy atom. The van der Waals surface area contributed by atoms with Crippen molar-refractivity contribution in [2.24, 2.45) is 0 Å². The SMILES string of the molecule is C[C@H]1CN(C(=O)c2cc(F)c(F)c(Br)c2)CCO1. The van der Waals surface area contributed by atoms with Crippen LogP contribution in [0.3, 0.4) is 0 Å². The van der Waals surface area contributed by atoms with Gasteiger partial charge in [0.05, 0.1) is 17.2 Å². The summed E-state index contributed by atoms with van der Waals surface area (Å²) in [5.74, 6) is -2.33. The molecular weight excluding hydrogens is 308 g/mol. The molecule has 1 aromatic carbocycles. The molecule has 0 aliphatic carbocycles. The van der Waals surface area contributed by atoms with Crippen LogP contribution in [0.4, 0.5) is 8.78 Å². The Balaban J connectivity index is 2.23. The van der Waals surface area contributed by atoms with Crippen molar-refractivity contribution in [2.45, 2.75) is 13.0 Å². The number of carbonyl (C=O) groups excluding carboxylic acids is 1. The first kappa shape index (κ1) is 13.4. The zero-order valence-corrected chi connectivity index (χ0v) is 11.3. The van der Waals surface area contributed by atoms with Crippen LogP contribution in [-0.4, -0.2) is 36.6 Å². The number of nitrogens with zero attached hydrogens (tertiary/aromatic N) is 1. The maximum Gasteiger partial charge on any atom is 0.254 e. The molecule has 1 heterocycles. The van der Waals surface area contributed by atoms with Gasteiger partial charge in [-0.15, -0.1) is 0 Å². The Kier molecular flexibility index (Phi) is 3.97. The Morgan fingerprint density at radius 2 is 2.22 bits per heavy atom. The van der Waals surface area contributed by atoms with E-state index in [9.17, 15) is 13.6 Å². The zero-order chi connectivity index (χ0) is 13.3. The number of amides is 1. The lowest BCUT2D eigenvalue weighted by Gasteiger charge is -2.31. The van der Waals surface area contributed by atoms with Crippen LogP contribution in [0.15, 0.2) is 16.6 Å². The number of benzene rings is 1. The second kappa shape index (κ2) is 5.32. The minimum Gasteiger partial charge on any atom is -0.375 e. The smallest absolute Gasteiger partial charge is 0.254 e. The molecule has 98 valence electrons. The molecule has 1 aromatic rings. The van der Waals surface area contributed by atoms with Crippen molar-refractivity contribution in [3.8, 4) is 0 Å². The summed E-state index contributed by atoms with van der Waals surface area (Å²) in [6, 6.07) is 2.21. The van der Waals surface area contributed by atoms with E-state index in [1.54, 1.807) is 4.90 Å². The quantitative estimate of drug-likeness (QED) is 0.745. The Hall–Kier alpha value is -1.01. The van der Waals surface area contributed by atoms with E-state index in [2.05, 4.69) is 15.9 Å². The van der Waals surface area contributed by atoms with E-state index in [-0.39, 0.29) is 22.0 Å². The van der Waals surface area contributed by atoms with Gasteiger partial charge in [-0.1, -0.05) is 0 Å². The van der Waals surface area contributed by atoms with E-state index in [0.29, 0.717) is 19.7 Å². The van der Waals surface area contributed by atoms with Gasteiger partial charge in [-0.05, 0) is 35.0 Å². The van der Waals surface area contributed by atoms with E-state index in [1.807, 2.05) is 6.92 Å². The predicted molar refractivity (Wildman–Crippen MR) is 65.4 cm³/mol. The maximum absolute atomic E-state index is 13.2. The molecule has 3 nitrogen and oxygen atoms in total. The summed E-state index contributed by atoms with van der Waals surface area (Å²) in [4.78, 5) is 13.7. The molecule has 1 atom stereocenters. The molecular formula is C12H12BrF2NO2. The highest BCUT2D eigenvalue weighted by Crippen LogP contribution is 2.22. The van der Waals surface area contributed by atoms with Crippen molar-refractivity contribution in [3.63, 3.8) is 0 Å². The van der Waals surface area contributed by atoms with Crippen molar-refractivity contribution < 1.29 is 18.3 Å². The number of rotatable bonds is 1. The van der Waals surface area contributed by atoms with Crippen molar-refractivity contribution in [1.82, 2.24) is 4.90 Å². The molecule has 0 unspecified atom stereocenters. The van der Waals surface area contributed by atoms with Gasteiger partial charge >= 0.3 is 0 Å². The molecule has 0 spiro atoms. The number of hydrogen-bond acceptors (Lipinski definition) is 2. The zero-order valence-electron chi connectivity index (χ0n) is 9.75. The maximum atomic E-state index is 13.2. The number of hydrogen-bond donors (Lipinski definition) is 0. The molecule has 0 N–H and O–H groups in total. The first-order chi connectivity index (χ1) is 8.49. The summed E-state index contributed by atoms with van der Waals surface area (Å²) in [5, 5.41) is 0. The molecule has 0 radical (unpaired) electrons. The average Bonchev–Trinajstić information content (AvgIpc) is 2.34. The minimum absolute atomic E-state index is 0.0450. The lowest BCUT2D eigenvalue weighted by Crippen LogP contribution is -2.44. The largest absolute Gasteiger partial charge is 0.375 e. The molecule has 1 saturated heterocycles. The molecule has 2 rings (SSSR count). The van der Waals surface area contributed by atoms with E-state index in [1.165, 1.54) is 6.07 Å². The number of carbonyl (C=O) groups is 1. The Bertz CT molecular complexity index is 458. The van der Waals surface area contributed by atoms with Crippen LogP contribution < -0.4 is 0 Å². The van der Waals surface area contributed by atoms with Gasteiger partial charge in [0.15, 0.2) is 11.6 Å². The molecule has 0 aromatic heterocycles. The molecule has 1 fully saturated rings. The van der Waals surface area contributed by atoms with Gasteiger partial charge in [-0.25, -0.2) is 8.78 Å². The topological polar surface area (TPSA) is 29.5 Å². The molecule has 0 bridgehead atoms. The normalized spacial score (nSPS) is 20.0. The van der Waals surface area contributed by atoms with Crippen molar-refractivity contribution in [2.75, 3.05) is 19.7 Å². The van der Waals surface area contributed by atoms with Gasteiger partial charge in [-0.3, -0.25) is 4.79 Å². The number of halogens is 3. The van der Waals surface area contributed by atoms with Crippen molar-refractivity contribution in [3.05, 3.63) is 33.8 Å². The highest BCUT2D eigenvalue weighted by molar-refractivity contribution is 9.10. The molecule has 1 aliphatic heterocycles. The van der Waals surface area contributed by atoms with Crippen LogP contribution in [0, 0.1) is 11.6 Å². The fourth-order valence-corrected chi connectivity index (χ4v) is 2.30. The van der Waals surface area contributed by atoms with E-state index in [4.69, 9.17) is 4.74 Å². The monoisotopic (exact) mass is 319 g/mol. The van der Waals surface area contributed by atoms with Gasteiger partial charge in [0.2, 0.25) is 0 Å². The summed E-state index contributed by atoms with van der Waals surface area (Å²) in [6.07, 6.45) is -0.0450. The Labute approximate surface area is 112 Å².